The molecule has 0 aromatic heterocycles. The number of para-hydroxylation sites is 1. The van der Waals surface area contributed by atoms with E-state index in [4.69, 9.17) is 4.74 Å². The van der Waals surface area contributed by atoms with Crippen LogP contribution in [0.1, 0.15) is 28.4 Å². The molecule has 0 aliphatic carbocycles. The third-order valence-corrected chi connectivity index (χ3v) is 4.20. The van der Waals surface area contributed by atoms with Gasteiger partial charge in [0.05, 0.1) is 12.0 Å². The number of hydrogen-bond donors (Lipinski definition) is 0. The number of ether oxygens (including phenoxy) is 1. The number of carbonyl (C=O) groups excluding carboxylic acids is 1. The van der Waals surface area contributed by atoms with Crippen molar-refractivity contribution in [3.05, 3.63) is 90.0 Å². The van der Waals surface area contributed by atoms with Gasteiger partial charge in [0.25, 0.3) is 0 Å². The normalized spacial score (nSPS) is 16.5. The maximum atomic E-state index is 12.6. The zero-order chi connectivity index (χ0) is 15.6. The number of benzene rings is 3. The van der Waals surface area contributed by atoms with E-state index in [1.165, 1.54) is 0 Å². The van der Waals surface area contributed by atoms with Crippen LogP contribution in [0, 0.1) is 0 Å². The van der Waals surface area contributed by atoms with Crippen LogP contribution in [0.2, 0.25) is 0 Å². The maximum absolute atomic E-state index is 12.6. The molecule has 23 heavy (non-hydrogen) atoms. The molecule has 0 N–H and O–H groups in total. The Morgan fingerprint density at radius 1 is 0.739 bits per heavy atom. The predicted molar refractivity (Wildman–Crippen MR) is 90.6 cm³/mol. The van der Waals surface area contributed by atoms with E-state index >= 15 is 0 Å². The lowest BCUT2D eigenvalue weighted by atomic mass is 9.92. The van der Waals surface area contributed by atoms with Gasteiger partial charge in [-0.15, -0.1) is 0 Å². The molecule has 1 atom stereocenters. The lowest BCUT2D eigenvalue weighted by molar-refractivity contribution is 0.0851. The van der Waals surface area contributed by atoms with Gasteiger partial charge >= 0.3 is 0 Å². The highest BCUT2D eigenvalue weighted by atomic mass is 16.5. The maximum Gasteiger partial charge on any atom is 0.170 e. The SMILES string of the molecule is O=C1CC(c2ccccc2)Oc2c1cccc2-c1ccccc1. The van der Waals surface area contributed by atoms with E-state index < -0.39 is 0 Å². The number of fused-ring (bicyclic) bond motifs is 1. The molecule has 0 amide bonds. The first-order valence-corrected chi connectivity index (χ1v) is 7.76. The van der Waals surface area contributed by atoms with Gasteiger partial charge in [-0.2, -0.15) is 0 Å². The molecule has 1 heterocycles. The number of rotatable bonds is 2. The third kappa shape index (κ3) is 2.53. The summed E-state index contributed by atoms with van der Waals surface area (Å²) in [6.07, 6.45) is 0.163. The van der Waals surface area contributed by atoms with Gasteiger partial charge < -0.3 is 4.74 Å². The van der Waals surface area contributed by atoms with E-state index in [9.17, 15) is 4.79 Å². The van der Waals surface area contributed by atoms with E-state index in [0.717, 1.165) is 16.7 Å². The fourth-order valence-electron chi connectivity index (χ4n) is 3.04. The average Bonchev–Trinajstić information content (AvgIpc) is 2.63. The summed E-state index contributed by atoms with van der Waals surface area (Å²) in [6, 6.07) is 25.8. The first-order chi connectivity index (χ1) is 11.3. The molecule has 112 valence electrons. The van der Waals surface area contributed by atoms with E-state index in [2.05, 4.69) is 0 Å². The Bertz CT molecular complexity index is 838. The third-order valence-electron chi connectivity index (χ3n) is 4.20. The van der Waals surface area contributed by atoms with E-state index in [-0.39, 0.29) is 11.9 Å². The molecule has 0 saturated carbocycles. The molecule has 0 fully saturated rings. The zero-order valence-electron chi connectivity index (χ0n) is 12.6. The summed E-state index contributed by atoms with van der Waals surface area (Å²) in [5, 5.41) is 0. The second-order valence-corrected chi connectivity index (χ2v) is 5.69. The number of Topliss-reactive ketones (excluding diaryl/α,β-unsaturated/α-hetero) is 1. The second kappa shape index (κ2) is 5.73. The van der Waals surface area contributed by atoms with Crippen molar-refractivity contribution >= 4 is 5.78 Å². The van der Waals surface area contributed by atoms with Crippen molar-refractivity contribution in [2.45, 2.75) is 12.5 Å². The first-order valence-electron chi connectivity index (χ1n) is 7.76. The van der Waals surface area contributed by atoms with E-state index in [0.29, 0.717) is 17.7 Å². The summed E-state index contributed by atoms with van der Waals surface area (Å²) in [5.74, 6) is 0.835. The van der Waals surface area contributed by atoms with Crippen molar-refractivity contribution in [2.24, 2.45) is 0 Å². The molecule has 2 nitrogen and oxygen atoms in total. The summed E-state index contributed by atoms with van der Waals surface area (Å²) in [7, 11) is 0. The molecule has 1 aliphatic heterocycles. The van der Waals surface area contributed by atoms with Crippen LogP contribution in [0.3, 0.4) is 0 Å². The van der Waals surface area contributed by atoms with Crippen LogP contribution in [-0.2, 0) is 0 Å². The highest BCUT2D eigenvalue weighted by Crippen LogP contribution is 2.41. The molecular weight excluding hydrogens is 284 g/mol. The Morgan fingerprint density at radius 3 is 2.13 bits per heavy atom. The highest BCUT2D eigenvalue weighted by Gasteiger charge is 2.29. The van der Waals surface area contributed by atoms with Crippen LogP contribution in [0.5, 0.6) is 5.75 Å². The summed E-state index contributed by atoms with van der Waals surface area (Å²) < 4.78 is 6.25. The van der Waals surface area contributed by atoms with E-state index in [1.54, 1.807) is 0 Å². The highest BCUT2D eigenvalue weighted by molar-refractivity contribution is 6.02. The van der Waals surface area contributed by atoms with Gasteiger partial charge in [0.1, 0.15) is 11.9 Å². The minimum Gasteiger partial charge on any atom is -0.484 e. The molecule has 3 aromatic rings. The minimum absolute atomic E-state index is 0.137. The smallest absolute Gasteiger partial charge is 0.170 e. The summed E-state index contributed by atoms with van der Waals surface area (Å²) in [5.41, 5.74) is 3.75. The van der Waals surface area contributed by atoms with Crippen molar-refractivity contribution in [2.75, 3.05) is 0 Å². The Hall–Kier alpha value is -2.87. The van der Waals surface area contributed by atoms with Gasteiger partial charge in [-0.1, -0.05) is 72.8 Å². The summed E-state index contributed by atoms with van der Waals surface area (Å²) >= 11 is 0. The van der Waals surface area contributed by atoms with Crippen molar-refractivity contribution < 1.29 is 9.53 Å². The monoisotopic (exact) mass is 300 g/mol. The van der Waals surface area contributed by atoms with Crippen molar-refractivity contribution in [1.82, 2.24) is 0 Å². The fraction of sp³-hybridized carbons (Fsp3) is 0.0952. The van der Waals surface area contributed by atoms with E-state index in [1.807, 2.05) is 78.9 Å². The Kier molecular flexibility index (Phi) is 3.43. The van der Waals surface area contributed by atoms with Gasteiger partial charge in [-0.3, -0.25) is 4.79 Å². The first kappa shape index (κ1) is 13.8. The number of hydrogen-bond acceptors (Lipinski definition) is 2. The topological polar surface area (TPSA) is 26.3 Å². The van der Waals surface area contributed by atoms with Crippen LogP contribution < -0.4 is 4.74 Å². The molecule has 0 saturated heterocycles. The Balaban J connectivity index is 1.81. The van der Waals surface area contributed by atoms with Crippen LogP contribution in [-0.4, -0.2) is 5.78 Å². The van der Waals surface area contributed by atoms with Crippen LogP contribution >= 0.6 is 0 Å². The Labute approximate surface area is 135 Å². The molecule has 1 unspecified atom stereocenters. The molecule has 1 aliphatic rings. The zero-order valence-corrected chi connectivity index (χ0v) is 12.6. The molecule has 0 bridgehead atoms. The average molecular weight is 300 g/mol. The number of ketones is 1. The molecular formula is C21H16O2. The standard InChI is InChI=1S/C21H16O2/c22-19-14-20(16-10-5-2-6-11-16)23-21-17(12-7-13-18(19)21)15-8-3-1-4-9-15/h1-13,20H,14H2. The summed E-state index contributed by atoms with van der Waals surface area (Å²) in [4.78, 5) is 12.6. The lowest BCUT2D eigenvalue weighted by Crippen LogP contribution is -2.20. The molecule has 2 heteroatoms. The molecule has 4 rings (SSSR count). The van der Waals surface area contributed by atoms with Gasteiger partial charge in [0.2, 0.25) is 0 Å². The summed E-state index contributed by atoms with van der Waals surface area (Å²) in [6.45, 7) is 0. The molecule has 0 spiro atoms. The van der Waals surface area contributed by atoms with Crippen LogP contribution in [0.4, 0.5) is 0 Å². The number of carbonyl (C=O) groups is 1. The second-order valence-electron chi connectivity index (χ2n) is 5.69. The van der Waals surface area contributed by atoms with Crippen molar-refractivity contribution in [1.29, 1.82) is 0 Å². The largest absolute Gasteiger partial charge is 0.484 e. The van der Waals surface area contributed by atoms with Gasteiger partial charge in [0, 0.05) is 5.56 Å². The van der Waals surface area contributed by atoms with Crippen molar-refractivity contribution in [3.63, 3.8) is 0 Å². The van der Waals surface area contributed by atoms with Gasteiger partial charge in [-0.05, 0) is 17.2 Å². The lowest BCUT2D eigenvalue weighted by Gasteiger charge is -2.27. The quantitative estimate of drug-likeness (QED) is 0.661. The van der Waals surface area contributed by atoms with Gasteiger partial charge in [0.15, 0.2) is 5.78 Å². The van der Waals surface area contributed by atoms with Crippen LogP contribution in [0.15, 0.2) is 78.9 Å². The fourth-order valence-corrected chi connectivity index (χ4v) is 3.04. The Morgan fingerprint density at radius 2 is 1.39 bits per heavy atom. The predicted octanol–water partition coefficient (Wildman–Crippen LogP) is 5.06. The molecule has 3 aromatic carbocycles. The van der Waals surface area contributed by atoms with Crippen molar-refractivity contribution in [3.8, 4) is 16.9 Å². The van der Waals surface area contributed by atoms with Crippen LogP contribution in [0.25, 0.3) is 11.1 Å². The molecule has 0 radical (unpaired) electrons. The van der Waals surface area contributed by atoms with Gasteiger partial charge in [-0.25, -0.2) is 0 Å². The minimum atomic E-state index is -0.221.